The van der Waals surface area contributed by atoms with Gasteiger partial charge in [0, 0.05) is 25.7 Å². The fourth-order valence-electron chi connectivity index (χ4n) is 2.99. The van der Waals surface area contributed by atoms with E-state index in [1.165, 1.54) is 31.4 Å². The first kappa shape index (κ1) is 13.6. The lowest BCUT2D eigenvalue weighted by Crippen LogP contribution is -2.40. The minimum absolute atomic E-state index is 0.430. The van der Waals surface area contributed by atoms with E-state index in [2.05, 4.69) is 29.9 Å². The van der Waals surface area contributed by atoms with E-state index in [0.29, 0.717) is 12.1 Å². The lowest BCUT2D eigenvalue weighted by Gasteiger charge is -2.35. The number of nitrogens with two attached hydrogens (primary N) is 1. The van der Waals surface area contributed by atoms with Gasteiger partial charge in [0.05, 0.1) is 11.4 Å². The molecule has 1 aromatic rings. The van der Waals surface area contributed by atoms with Gasteiger partial charge in [0.1, 0.15) is 0 Å². The van der Waals surface area contributed by atoms with E-state index >= 15 is 0 Å². The average Bonchev–Trinajstić information content (AvgIpc) is 2.66. The number of aromatic nitrogens is 2. The van der Waals surface area contributed by atoms with Crippen LogP contribution in [-0.4, -0.2) is 33.3 Å². The van der Waals surface area contributed by atoms with Crippen molar-refractivity contribution < 1.29 is 0 Å². The topological polar surface area (TPSA) is 47.1 Å². The van der Waals surface area contributed by atoms with Crippen molar-refractivity contribution in [1.82, 2.24) is 14.7 Å². The van der Waals surface area contributed by atoms with E-state index in [1.807, 2.05) is 11.7 Å². The van der Waals surface area contributed by atoms with Crippen LogP contribution in [0.4, 0.5) is 0 Å². The molecule has 0 unspecified atom stereocenters. The number of hydrogen-bond acceptors (Lipinski definition) is 3. The zero-order chi connectivity index (χ0) is 13.1. The normalized spacial score (nSPS) is 24.7. The van der Waals surface area contributed by atoms with E-state index < -0.39 is 0 Å². The summed E-state index contributed by atoms with van der Waals surface area (Å²) in [5.74, 6) is 0. The Morgan fingerprint density at radius 2 is 2.06 bits per heavy atom. The molecule has 0 bridgehead atoms. The minimum Gasteiger partial charge on any atom is -0.328 e. The lowest BCUT2D eigenvalue weighted by atomic mass is 9.90. The molecule has 2 rings (SSSR count). The summed E-state index contributed by atoms with van der Waals surface area (Å²) >= 11 is 0. The predicted octanol–water partition coefficient (Wildman–Crippen LogP) is 1.82. The van der Waals surface area contributed by atoms with Gasteiger partial charge in [-0.15, -0.1) is 0 Å². The van der Waals surface area contributed by atoms with Crippen LogP contribution in [0.1, 0.15) is 44.0 Å². The summed E-state index contributed by atoms with van der Waals surface area (Å²) in [5.41, 5.74) is 8.40. The molecule has 1 aliphatic carbocycles. The first-order valence-corrected chi connectivity index (χ1v) is 7.09. The smallest absolute Gasteiger partial charge is 0.0597 e. The Morgan fingerprint density at radius 1 is 1.39 bits per heavy atom. The fourth-order valence-corrected chi connectivity index (χ4v) is 2.99. The maximum absolute atomic E-state index is 5.99. The molecule has 0 saturated heterocycles. The van der Waals surface area contributed by atoms with E-state index in [1.54, 1.807) is 0 Å². The molecule has 1 heterocycles. The molecule has 0 aromatic carbocycles. The van der Waals surface area contributed by atoms with Gasteiger partial charge in [0.2, 0.25) is 0 Å². The molecule has 1 aromatic heterocycles. The molecular formula is C14H26N4. The maximum atomic E-state index is 5.99. The van der Waals surface area contributed by atoms with Crippen molar-refractivity contribution in [2.24, 2.45) is 12.8 Å². The number of hydrogen-bond donors (Lipinski definition) is 1. The van der Waals surface area contributed by atoms with Gasteiger partial charge in [-0.25, -0.2) is 0 Å². The van der Waals surface area contributed by atoms with Crippen molar-refractivity contribution in [1.29, 1.82) is 0 Å². The van der Waals surface area contributed by atoms with Crippen LogP contribution in [-0.2, 0) is 13.6 Å². The van der Waals surface area contributed by atoms with Gasteiger partial charge >= 0.3 is 0 Å². The van der Waals surface area contributed by atoms with Gasteiger partial charge in [-0.1, -0.05) is 6.92 Å². The van der Waals surface area contributed by atoms with Gasteiger partial charge in [0.15, 0.2) is 0 Å². The summed E-state index contributed by atoms with van der Waals surface area (Å²) in [4.78, 5) is 2.57. The third kappa shape index (κ3) is 3.12. The van der Waals surface area contributed by atoms with Crippen LogP contribution >= 0.6 is 0 Å². The molecule has 4 heteroatoms. The molecule has 0 spiro atoms. The van der Waals surface area contributed by atoms with Crippen molar-refractivity contribution in [2.45, 2.75) is 58.2 Å². The van der Waals surface area contributed by atoms with Crippen LogP contribution < -0.4 is 5.73 Å². The Labute approximate surface area is 110 Å². The summed E-state index contributed by atoms with van der Waals surface area (Å²) in [6.45, 7) is 6.41. The van der Waals surface area contributed by atoms with E-state index in [9.17, 15) is 0 Å². The highest BCUT2D eigenvalue weighted by Gasteiger charge is 2.23. The first-order valence-electron chi connectivity index (χ1n) is 7.09. The molecule has 2 N–H and O–H groups in total. The highest BCUT2D eigenvalue weighted by molar-refractivity contribution is 5.08. The summed E-state index contributed by atoms with van der Waals surface area (Å²) < 4.78 is 2.01. The number of rotatable bonds is 4. The molecule has 0 amide bonds. The molecule has 18 heavy (non-hydrogen) atoms. The molecule has 0 aliphatic heterocycles. The van der Waals surface area contributed by atoms with Crippen molar-refractivity contribution >= 4 is 0 Å². The zero-order valence-corrected chi connectivity index (χ0v) is 11.9. The van der Waals surface area contributed by atoms with Crippen LogP contribution in [0.15, 0.2) is 6.07 Å². The first-order chi connectivity index (χ1) is 8.60. The molecule has 1 saturated carbocycles. The Hall–Kier alpha value is -0.870. The van der Waals surface area contributed by atoms with Gasteiger partial charge in [-0.05, 0) is 45.2 Å². The van der Waals surface area contributed by atoms with Crippen LogP contribution in [0.5, 0.6) is 0 Å². The zero-order valence-electron chi connectivity index (χ0n) is 11.9. The molecule has 1 aliphatic rings. The van der Waals surface area contributed by atoms with Gasteiger partial charge < -0.3 is 5.73 Å². The summed E-state index contributed by atoms with van der Waals surface area (Å²) in [7, 11) is 2.03. The third-order valence-electron chi connectivity index (χ3n) is 4.13. The second-order valence-corrected chi connectivity index (χ2v) is 5.53. The summed E-state index contributed by atoms with van der Waals surface area (Å²) in [6.07, 6.45) is 4.83. The largest absolute Gasteiger partial charge is 0.328 e. The Balaban J connectivity index is 1.99. The predicted molar refractivity (Wildman–Crippen MR) is 74.3 cm³/mol. The quantitative estimate of drug-likeness (QED) is 0.886. The minimum atomic E-state index is 0.430. The van der Waals surface area contributed by atoms with E-state index in [-0.39, 0.29) is 0 Å². The fraction of sp³-hybridized carbons (Fsp3) is 0.786. The van der Waals surface area contributed by atoms with Gasteiger partial charge in [0.25, 0.3) is 0 Å². The molecule has 1 fully saturated rings. The number of aryl methyl sites for hydroxylation is 2. The van der Waals surface area contributed by atoms with E-state index in [0.717, 1.165) is 18.8 Å². The van der Waals surface area contributed by atoms with Crippen molar-refractivity contribution in [2.75, 3.05) is 6.54 Å². The van der Waals surface area contributed by atoms with E-state index in [4.69, 9.17) is 5.73 Å². The van der Waals surface area contributed by atoms with Gasteiger partial charge in [-0.2, -0.15) is 5.10 Å². The maximum Gasteiger partial charge on any atom is 0.0597 e. The second-order valence-electron chi connectivity index (χ2n) is 5.53. The molecule has 0 radical (unpaired) electrons. The Morgan fingerprint density at radius 3 is 2.56 bits per heavy atom. The SMILES string of the molecule is CCN(Cc1cc(C)nn1C)C1CCC(N)CC1. The Kier molecular flexibility index (Phi) is 4.40. The van der Waals surface area contributed by atoms with Crippen molar-refractivity contribution in [3.63, 3.8) is 0 Å². The lowest BCUT2D eigenvalue weighted by molar-refractivity contribution is 0.146. The standard InChI is InChI=1S/C14H26N4/c1-4-18(13-7-5-12(15)6-8-13)10-14-9-11(2)16-17(14)3/h9,12-13H,4-8,10,15H2,1-3H3. The van der Waals surface area contributed by atoms with Crippen LogP contribution in [0, 0.1) is 6.92 Å². The van der Waals surface area contributed by atoms with Crippen molar-refractivity contribution in [3.8, 4) is 0 Å². The Bertz CT molecular complexity index is 377. The van der Waals surface area contributed by atoms with Gasteiger partial charge in [-0.3, -0.25) is 9.58 Å². The molecular weight excluding hydrogens is 224 g/mol. The molecule has 102 valence electrons. The number of nitrogens with zero attached hydrogens (tertiary/aromatic N) is 3. The van der Waals surface area contributed by atoms with Crippen molar-refractivity contribution in [3.05, 3.63) is 17.5 Å². The highest BCUT2D eigenvalue weighted by Crippen LogP contribution is 2.23. The van der Waals surface area contributed by atoms with Crippen LogP contribution in [0.25, 0.3) is 0 Å². The highest BCUT2D eigenvalue weighted by atomic mass is 15.3. The summed E-state index contributed by atoms with van der Waals surface area (Å²) in [5, 5.41) is 4.43. The molecule has 4 nitrogen and oxygen atoms in total. The second kappa shape index (κ2) is 5.85. The molecule has 0 atom stereocenters. The average molecular weight is 250 g/mol. The third-order valence-corrected chi connectivity index (χ3v) is 4.13. The summed E-state index contributed by atoms with van der Waals surface area (Å²) in [6, 6.07) is 3.32. The van der Waals surface area contributed by atoms with Crippen LogP contribution in [0.3, 0.4) is 0 Å². The monoisotopic (exact) mass is 250 g/mol. The van der Waals surface area contributed by atoms with Crippen LogP contribution in [0.2, 0.25) is 0 Å².